The number of fused-ring (bicyclic) bond motifs is 1. The van der Waals surface area contributed by atoms with Crippen molar-refractivity contribution in [2.24, 2.45) is 0 Å². The van der Waals surface area contributed by atoms with Gasteiger partial charge in [0.15, 0.2) is 12.3 Å². The first-order valence-electron chi connectivity index (χ1n) is 10.4. The Balaban J connectivity index is 1.64. The highest BCUT2D eigenvalue weighted by molar-refractivity contribution is 5.90. The van der Waals surface area contributed by atoms with E-state index in [-0.39, 0.29) is 35.1 Å². The lowest BCUT2D eigenvalue weighted by atomic mass is 9.97. The van der Waals surface area contributed by atoms with E-state index in [4.69, 9.17) is 10.5 Å². The van der Waals surface area contributed by atoms with Crippen LogP contribution in [0.5, 0.6) is 5.75 Å². The molecule has 1 fully saturated rings. The first-order valence-corrected chi connectivity index (χ1v) is 10.4. The minimum Gasteiger partial charge on any atom is -0.483 e. The Hall–Kier alpha value is -3.30. The number of para-hydroxylation sites is 1. The fourth-order valence-electron chi connectivity index (χ4n) is 4.24. The van der Waals surface area contributed by atoms with E-state index in [2.05, 4.69) is 15.2 Å². The molecule has 0 unspecified atom stereocenters. The Bertz CT molecular complexity index is 1140. The molecule has 0 bridgehead atoms. The highest BCUT2D eigenvalue weighted by atomic mass is 19.4. The van der Waals surface area contributed by atoms with Crippen LogP contribution in [0.15, 0.2) is 24.3 Å². The van der Waals surface area contributed by atoms with E-state index in [1.165, 1.54) is 0 Å². The van der Waals surface area contributed by atoms with Crippen molar-refractivity contribution in [3.8, 4) is 5.75 Å². The monoisotopic (exact) mass is 447 g/mol. The molecule has 3 aromatic rings. The number of amides is 1. The maximum Gasteiger partial charge on any atom is 0.417 e. The van der Waals surface area contributed by atoms with Gasteiger partial charge in [-0.15, -0.1) is 0 Å². The number of nitrogens with one attached hydrogen (secondary N) is 1. The van der Waals surface area contributed by atoms with Crippen LogP contribution in [0.4, 0.5) is 19.0 Å². The van der Waals surface area contributed by atoms with Gasteiger partial charge in [0.05, 0.1) is 22.7 Å². The number of halogens is 3. The van der Waals surface area contributed by atoms with Gasteiger partial charge in [-0.05, 0) is 50.3 Å². The van der Waals surface area contributed by atoms with Crippen molar-refractivity contribution in [1.29, 1.82) is 0 Å². The van der Waals surface area contributed by atoms with Crippen LogP contribution in [-0.4, -0.2) is 39.1 Å². The molecule has 0 spiro atoms. The Kier molecular flexibility index (Phi) is 5.70. The van der Waals surface area contributed by atoms with Crippen LogP contribution >= 0.6 is 0 Å². The molecule has 3 heterocycles. The number of nitrogens with two attached hydrogens (primary N) is 1. The number of piperidine rings is 1. The number of carbonyl (C=O) groups is 1. The number of ether oxygens (including phenoxy) is 1. The van der Waals surface area contributed by atoms with Crippen LogP contribution in [0.2, 0.25) is 0 Å². The summed E-state index contributed by atoms with van der Waals surface area (Å²) >= 11 is 0. The standard InChI is InChI=1S/C22H24F3N5O2/c1-12-6-5-7-13(2)19(12)32-11-17(31)30-9-4-3-8-16(30)15-10-14(22(23,24)25)18-20(26)28-29-21(18)27-15/h5-7,10,16H,3-4,8-9,11H2,1-2H3,(H3,26,27,28,29)/t16-/m1/s1. The number of pyridine rings is 1. The SMILES string of the molecule is Cc1cccc(C)c1OCC(=O)N1CCCC[C@@H]1c1cc(C(F)(F)F)c2c(N)[nH]nc2n1. The van der Waals surface area contributed by atoms with E-state index < -0.39 is 17.8 Å². The molecule has 1 saturated heterocycles. The summed E-state index contributed by atoms with van der Waals surface area (Å²) in [6.45, 7) is 4.00. The number of benzene rings is 1. The number of rotatable bonds is 4. The largest absolute Gasteiger partial charge is 0.483 e. The summed E-state index contributed by atoms with van der Waals surface area (Å²) in [4.78, 5) is 18.9. The maximum absolute atomic E-state index is 13.7. The second-order valence-electron chi connectivity index (χ2n) is 8.04. The highest BCUT2D eigenvalue weighted by Gasteiger charge is 2.37. The summed E-state index contributed by atoms with van der Waals surface area (Å²) < 4.78 is 47.0. The fourth-order valence-corrected chi connectivity index (χ4v) is 4.24. The van der Waals surface area contributed by atoms with Gasteiger partial charge in [0.25, 0.3) is 5.91 Å². The van der Waals surface area contributed by atoms with E-state index >= 15 is 0 Å². The van der Waals surface area contributed by atoms with Crippen LogP contribution in [0, 0.1) is 13.8 Å². The molecule has 32 heavy (non-hydrogen) atoms. The van der Waals surface area contributed by atoms with Gasteiger partial charge in [-0.3, -0.25) is 9.89 Å². The molecule has 1 aliphatic rings. The number of aromatic nitrogens is 3. The molecule has 1 amide bonds. The minimum atomic E-state index is -4.64. The number of carbonyl (C=O) groups excluding carboxylic acids is 1. The zero-order valence-corrected chi connectivity index (χ0v) is 17.8. The number of aryl methyl sites for hydroxylation is 2. The molecular formula is C22H24F3N5O2. The van der Waals surface area contributed by atoms with Gasteiger partial charge in [0, 0.05) is 6.54 Å². The molecule has 7 nitrogen and oxygen atoms in total. The smallest absolute Gasteiger partial charge is 0.417 e. The minimum absolute atomic E-state index is 0.114. The molecular weight excluding hydrogens is 423 g/mol. The summed E-state index contributed by atoms with van der Waals surface area (Å²) in [6, 6.07) is 6.08. The summed E-state index contributed by atoms with van der Waals surface area (Å²) in [5.41, 5.74) is 6.60. The number of aromatic amines is 1. The first kappa shape index (κ1) is 21.9. The van der Waals surface area contributed by atoms with Crippen LogP contribution < -0.4 is 10.5 Å². The number of H-pyrrole nitrogens is 1. The number of likely N-dealkylation sites (tertiary alicyclic amines) is 1. The lowest BCUT2D eigenvalue weighted by Crippen LogP contribution is -2.41. The van der Waals surface area contributed by atoms with Gasteiger partial charge in [-0.2, -0.15) is 18.3 Å². The van der Waals surface area contributed by atoms with Crippen molar-refractivity contribution >= 4 is 22.8 Å². The topological polar surface area (TPSA) is 97.1 Å². The van der Waals surface area contributed by atoms with Crippen molar-refractivity contribution in [3.63, 3.8) is 0 Å². The van der Waals surface area contributed by atoms with Crippen LogP contribution in [0.3, 0.4) is 0 Å². The zero-order valence-electron chi connectivity index (χ0n) is 17.8. The summed E-state index contributed by atoms with van der Waals surface area (Å²) in [7, 11) is 0. The molecule has 1 aromatic carbocycles. The second kappa shape index (κ2) is 8.33. The average Bonchev–Trinajstić information content (AvgIpc) is 3.12. The summed E-state index contributed by atoms with van der Waals surface area (Å²) in [5, 5.41) is 5.93. The molecule has 2 aromatic heterocycles. The molecule has 3 N–H and O–H groups in total. The van der Waals surface area contributed by atoms with E-state index in [1.807, 2.05) is 32.0 Å². The normalized spacial score (nSPS) is 17.0. The number of hydrogen-bond donors (Lipinski definition) is 2. The summed E-state index contributed by atoms with van der Waals surface area (Å²) in [5.74, 6) is 0.152. The van der Waals surface area contributed by atoms with Crippen LogP contribution in [-0.2, 0) is 11.0 Å². The van der Waals surface area contributed by atoms with E-state index in [0.29, 0.717) is 18.7 Å². The fraction of sp³-hybridized carbons (Fsp3) is 0.409. The maximum atomic E-state index is 13.7. The third-order valence-corrected chi connectivity index (χ3v) is 5.79. The van der Waals surface area contributed by atoms with E-state index in [1.54, 1.807) is 4.90 Å². The average molecular weight is 447 g/mol. The van der Waals surface area contributed by atoms with Gasteiger partial charge in [-0.25, -0.2) is 4.98 Å². The van der Waals surface area contributed by atoms with E-state index in [9.17, 15) is 18.0 Å². The zero-order chi connectivity index (χ0) is 23.0. The van der Waals surface area contributed by atoms with Gasteiger partial charge in [0.2, 0.25) is 0 Å². The van der Waals surface area contributed by atoms with Crippen molar-refractivity contribution in [3.05, 3.63) is 46.6 Å². The van der Waals surface area contributed by atoms with Crippen LogP contribution in [0.25, 0.3) is 11.0 Å². The Morgan fingerprint density at radius 1 is 1.28 bits per heavy atom. The second-order valence-corrected chi connectivity index (χ2v) is 8.04. The lowest BCUT2D eigenvalue weighted by Gasteiger charge is -2.35. The van der Waals surface area contributed by atoms with Gasteiger partial charge in [0.1, 0.15) is 11.6 Å². The molecule has 0 saturated carbocycles. The Morgan fingerprint density at radius 3 is 2.69 bits per heavy atom. The Morgan fingerprint density at radius 2 is 2.00 bits per heavy atom. The van der Waals surface area contributed by atoms with Gasteiger partial charge >= 0.3 is 6.18 Å². The molecule has 1 aliphatic heterocycles. The first-order chi connectivity index (χ1) is 15.2. The molecule has 1 atom stereocenters. The molecule has 10 heteroatoms. The van der Waals surface area contributed by atoms with Crippen LogP contribution in [0.1, 0.15) is 47.7 Å². The predicted octanol–water partition coefficient (Wildman–Crippen LogP) is 4.31. The third kappa shape index (κ3) is 4.09. The van der Waals surface area contributed by atoms with Gasteiger partial charge < -0.3 is 15.4 Å². The molecule has 4 rings (SSSR count). The van der Waals surface area contributed by atoms with Crippen molar-refractivity contribution in [1.82, 2.24) is 20.1 Å². The quantitative estimate of drug-likeness (QED) is 0.621. The van der Waals surface area contributed by atoms with Gasteiger partial charge in [-0.1, -0.05) is 18.2 Å². The molecule has 170 valence electrons. The number of nitrogen functional groups attached to an aromatic ring is 1. The highest BCUT2D eigenvalue weighted by Crippen LogP contribution is 2.39. The Labute approximate surface area is 182 Å². The third-order valence-electron chi connectivity index (χ3n) is 5.79. The number of anilines is 1. The lowest BCUT2D eigenvalue weighted by molar-refractivity contribution is -0.137. The number of alkyl halides is 3. The molecule has 0 aliphatic carbocycles. The number of hydrogen-bond acceptors (Lipinski definition) is 5. The van der Waals surface area contributed by atoms with E-state index in [0.717, 1.165) is 30.0 Å². The number of nitrogens with zero attached hydrogens (tertiary/aromatic N) is 3. The summed E-state index contributed by atoms with van der Waals surface area (Å²) in [6.07, 6.45) is -2.60. The van der Waals surface area contributed by atoms with Crippen molar-refractivity contribution < 1.29 is 22.7 Å². The van der Waals surface area contributed by atoms with Crippen molar-refractivity contribution in [2.45, 2.75) is 45.3 Å². The molecule has 0 radical (unpaired) electrons. The predicted molar refractivity (Wildman–Crippen MR) is 113 cm³/mol. The van der Waals surface area contributed by atoms with Crippen molar-refractivity contribution in [2.75, 3.05) is 18.9 Å².